The van der Waals surface area contributed by atoms with E-state index in [2.05, 4.69) is 32.9 Å². The summed E-state index contributed by atoms with van der Waals surface area (Å²) in [4.78, 5) is 0. The monoisotopic (exact) mass is 179 g/mol. The normalized spacial score (nSPS) is 12.7. The number of hydrogen-bond donors (Lipinski definition) is 0. The van der Waals surface area contributed by atoms with Gasteiger partial charge in [0.15, 0.2) is 0 Å². The summed E-state index contributed by atoms with van der Waals surface area (Å²) in [6.07, 6.45) is 14.2. The smallest absolute Gasteiger partial charge is 0.0142 e. The molecule has 0 aliphatic carbocycles. The number of rotatable bonds is 7. The van der Waals surface area contributed by atoms with E-state index >= 15 is 0 Å². The van der Waals surface area contributed by atoms with Crippen LogP contribution in [-0.2, 0) is 0 Å². The van der Waals surface area contributed by atoms with E-state index in [0.29, 0.717) is 0 Å². The first kappa shape index (κ1) is 12.5. The van der Waals surface area contributed by atoms with Crippen LogP contribution in [0.4, 0.5) is 0 Å². The van der Waals surface area contributed by atoms with Gasteiger partial charge in [0.05, 0.1) is 0 Å². The second-order valence-electron chi connectivity index (χ2n) is 3.58. The zero-order chi connectivity index (χ0) is 9.94. The molecule has 0 aromatic carbocycles. The van der Waals surface area contributed by atoms with Crippen molar-refractivity contribution in [2.75, 3.05) is 0 Å². The van der Waals surface area contributed by atoms with Crippen molar-refractivity contribution in [1.29, 1.82) is 0 Å². The first-order valence-corrected chi connectivity index (χ1v) is 5.41. The van der Waals surface area contributed by atoms with Crippen molar-refractivity contribution in [2.45, 2.75) is 52.4 Å². The van der Waals surface area contributed by atoms with Gasteiger partial charge in [-0.05, 0) is 33.1 Å². The van der Waals surface area contributed by atoms with Crippen LogP contribution in [0.25, 0.3) is 0 Å². The van der Waals surface area contributed by atoms with Crippen molar-refractivity contribution >= 4 is 0 Å². The van der Waals surface area contributed by atoms with Crippen LogP contribution in [0.15, 0.2) is 23.8 Å². The molecule has 1 radical (unpaired) electrons. The Labute approximate surface area is 83.7 Å². The Morgan fingerprint density at radius 2 is 1.92 bits per heavy atom. The zero-order valence-corrected chi connectivity index (χ0v) is 9.18. The highest BCUT2D eigenvalue weighted by Gasteiger charge is 1.85. The fraction of sp³-hybridized carbons (Fsp3) is 0.615. The van der Waals surface area contributed by atoms with Gasteiger partial charge in [-0.3, -0.25) is 0 Å². The van der Waals surface area contributed by atoms with Crippen molar-refractivity contribution in [3.8, 4) is 0 Å². The predicted octanol–water partition coefficient (Wildman–Crippen LogP) is 4.68. The van der Waals surface area contributed by atoms with Gasteiger partial charge in [-0.2, -0.15) is 0 Å². The molecule has 0 fully saturated rings. The molecule has 0 aromatic rings. The quantitative estimate of drug-likeness (QED) is 0.393. The second-order valence-corrected chi connectivity index (χ2v) is 3.58. The van der Waals surface area contributed by atoms with Crippen molar-refractivity contribution in [3.63, 3.8) is 0 Å². The van der Waals surface area contributed by atoms with Gasteiger partial charge in [-0.15, -0.1) is 0 Å². The van der Waals surface area contributed by atoms with E-state index in [-0.39, 0.29) is 0 Å². The van der Waals surface area contributed by atoms with E-state index in [1.54, 1.807) is 0 Å². The van der Waals surface area contributed by atoms with Gasteiger partial charge >= 0.3 is 0 Å². The Bertz CT molecular complexity index is 151. The van der Waals surface area contributed by atoms with Gasteiger partial charge in [0, 0.05) is 0 Å². The maximum Gasteiger partial charge on any atom is -0.0142 e. The Morgan fingerprint density at radius 1 is 1.15 bits per heavy atom. The number of hydrogen-bond acceptors (Lipinski definition) is 0. The van der Waals surface area contributed by atoms with Crippen LogP contribution in [0, 0.1) is 6.92 Å². The molecular formula is C13H23. The summed E-state index contributed by atoms with van der Waals surface area (Å²) in [5.41, 5.74) is 1.35. The minimum Gasteiger partial charge on any atom is -0.0882 e. The van der Waals surface area contributed by atoms with Gasteiger partial charge in [0.2, 0.25) is 0 Å². The van der Waals surface area contributed by atoms with E-state index in [0.717, 1.165) is 6.42 Å². The summed E-state index contributed by atoms with van der Waals surface area (Å²) >= 11 is 0. The van der Waals surface area contributed by atoms with E-state index in [4.69, 9.17) is 0 Å². The highest BCUT2D eigenvalue weighted by molar-refractivity contribution is 5.05. The van der Waals surface area contributed by atoms with E-state index in [1.807, 2.05) is 6.08 Å². The molecular weight excluding hydrogens is 156 g/mol. The van der Waals surface area contributed by atoms with Gasteiger partial charge in [0.1, 0.15) is 0 Å². The van der Waals surface area contributed by atoms with Crippen LogP contribution < -0.4 is 0 Å². The summed E-state index contributed by atoms with van der Waals surface area (Å²) < 4.78 is 0. The summed E-state index contributed by atoms with van der Waals surface area (Å²) in [5, 5.41) is 0. The molecule has 0 saturated carbocycles. The lowest BCUT2D eigenvalue weighted by atomic mass is 10.1. The summed E-state index contributed by atoms with van der Waals surface area (Å²) in [6, 6.07) is 0. The van der Waals surface area contributed by atoms with Crippen molar-refractivity contribution in [1.82, 2.24) is 0 Å². The fourth-order valence-corrected chi connectivity index (χ4v) is 1.16. The van der Waals surface area contributed by atoms with Crippen LogP contribution in [0.3, 0.4) is 0 Å². The molecule has 13 heavy (non-hydrogen) atoms. The topological polar surface area (TPSA) is 0 Å². The third-order valence-corrected chi connectivity index (χ3v) is 2.18. The predicted molar refractivity (Wildman–Crippen MR) is 61.6 cm³/mol. The van der Waals surface area contributed by atoms with Gasteiger partial charge in [0.25, 0.3) is 0 Å². The van der Waals surface area contributed by atoms with E-state index < -0.39 is 0 Å². The molecule has 0 heterocycles. The molecule has 0 amide bonds. The molecule has 0 spiro atoms. The maximum absolute atomic E-state index is 3.73. The molecule has 0 unspecified atom stereocenters. The van der Waals surface area contributed by atoms with Crippen molar-refractivity contribution in [2.24, 2.45) is 0 Å². The van der Waals surface area contributed by atoms with Gasteiger partial charge < -0.3 is 0 Å². The molecule has 0 nitrogen and oxygen atoms in total. The highest BCUT2D eigenvalue weighted by atomic mass is 13.9. The van der Waals surface area contributed by atoms with Gasteiger partial charge in [-0.1, -0.05) is 50.0 Å². The van der Waals surface area contributed by atoms with Crippen molar-refractivity contribution < 1.29 is 0 Å². The van der Waals surface area contributed by atoms with E-state index in [1.165, 1.54) is 37.7 Å². The Kier molecular flexibility index (Phi) is 9.18. The fourth-order valence-electron chi connectivity index (χ4n) is 1.16. The molecule has 0 aromatic heterocycles. The van der Waals surface area contributed by atoms with Crippen molar-refractivity contribution in [3.05, 3.63) is 30.7 Å². The number of allylic oxidation sites excluding steroid dienone is 4. The average molecular weight is 179 g/mol. The molecule has 75 valence electrons. The summed E-state index contributed by atoms with van der Waals surface area (Å²) in [6.45, 7) is 8.10. The Morgan fingerprint density at radius 3 is 2.54 bits per heavy atom. The largest absolute Gasteiger partial charge is 0.0882 e. The van der Waals surface area contributed by atoms with Crippen LogP contribution in [-0.4, -0.2) is 0 Å². The van der Waals surface area contributed by atoms with Crippen LogP contribution in [0.5, 0.6) is 0 Å². The standard InChI is InChI=1S/C13H23/c1-4-6-7-8-9-10-11-12-13(3)5-2/h5,10-11H,2,4,6-9,12H2,1,3H3/b11-10+,13-5+. The van der Waals surface area contributed by atoms with E-state index in [9.17, 15) is 0 Å². The minimum atomic E-state index is 1.07. The lowest BCUT2D eigenvalue weighted by Crippen LogP contribution is -1.74. The molecule has 0 rings (SSSR count). The molecule has 0 aliphatic rings. The Balaban J connectivity index is 3.22. The maximum atomic E-state index is 3.73. The SMILES string of the molecule is [CH2]/C=C(\C)C/C=C/CCCCCC. The lowest BCUT2D eigenvalue weighted by Gasteiger charge is -1.95. The molecule has 0 heteroatoms. The molecule has 0 saturated heterocycles. The first-order chi connectivity index (χ1) is 6.31. The second kappa shape index (κ2) is 9.57. The van der Waals surface area contributed by atoms with Crippen LogP contribution in [0.2, 0.25) is 0 Å². The van der Waals surface area contributed by atoms with Crippen LogP contribution >= 0.6 is 0 Å². The minimum absolute atomic E-state index is 1.07. The Hall–Kier alpha value is -0.520. The average Bonchev–Trinajstić information content (AvgIpc) is 2.16. The molecule has 0 N–H and O–H groups in total. The molecule has 0 atom stereocenters. The van der Waals surface area contributed by atoms with Crippen LogP contribution in [0.1, 0.15) is 52.4 Å². The first-order valence-electron chi connectivity index (χ1n) is 5.41. The molecule has 0 aliphatic heterocycles. The molecule has 0 bridgehead atoms. The summed E-state index contributed by atoms with van der Waals surface area (Å²) in [5.74, 6) is 0. The summed E-state index contributed by atoms with van der Waals surface area (Å²) in [7, 11) is 0. The highest BCUT2D eigenvalue weighted by Crippen LogP contribution is 2.05. The third-order valence-electron chi connectivity index (χ3n) is 2.18. The van der Waals surface area contributed by atoms with Gasteiger partial charge in [-0.25, -0.2) is 0 Å². The third kappa shape index (κ3) is 9.39. The number of unbranched alkanes of at least 4 members (excludes halogenated alkanes) is 4. The zero-order valence-electron chi connectivity index (χ0n) is 9.18. The lowest BCUT2D eigenvalue weighted by molar-refractivity contribution is 0.674.